The van der Waals surface area contributed by atoms with Crippen molar-refractivity contribution in [2.75, 3.05) is 11.9 Å². The molecular weight excluding hydrogens is 317 g/mol. The van der Waals surface area contributed by atoms with Gasteiger partial charge in [-0.1, -0.05) is 23.2 Å². The fourth-order valence-electron chi connectivity index (χ4n) is 2.03. The molecule has 1 aliphatic heterocycles. The van der Waals surface area contributed by atoms with E-state index < -0.39 is 0 Å². The van der Waals surface area contributed by atoms with Crippen LogP contribution in [0.4, 0.5) is 5.13 Å². The molecule has 4 nitrogen and oxygen atoms in total. The summed E-state index contributed by atoms with van der Waals surface area (Å²) in [5.41, 5.74) is 1.49. The number of carbonyl (C=O) groups excluding carboxylic acids is 1. The first-order valence-electron chi connectivity index (χ1n) is 6.08. The van der Waals surface area contributed by atoms with Crippen LogP contribution in [0.25, 0.3) is 0 Å². The quantitative estimate of drug-likeness (QED) is 0.889. The zero-order chi connectivity index (χ0) is 14.1. The predicted molar refractivity (Wildman–Crippen MR) is 81.9 cm³/mol. The molecule has 0 saturated heterocycles. The third-order valence-corrected chi connectivity index (χ3v) is 4.40. The summed E-state index contributed by atoms with van der Waals surface area (Å²) in [5.74, 6) is -0.256. The second kappa shape index (κ2) is 5.69. The van der Waals surface area contributed by atoms with E-state index in [1.165, 1.54) is 16.2 Å². The van der Waals surface area contributed by atoms with E-state index in [0.717, 1.165) is 25.2 Å². The first-order valence-corrected chi connectivity index (χ1v) is 7.66. The van der Waals surface area contributed by atoms with Crippen molar-refractivity contribution in [3.05, 3.63) is 44.4 Å². The molecule has 0 bridgehead atoms. The summed E-state index contributed by atoms with van der Waals surface area (Å²) in [6, 6.07) is 4.75. The smallest absolute Gasteiger partial charge is 0.257 e. The van der Waals surface area contributed by atoms with Crippen LogP contribution in [0, 0.1) is 0 Å². The number of nitrogens with one attached hydrogen (secondary N) is 2. The van der Waals surface area contributed by atoms with Crippen LogP contribution in [-0.4, -0.2) is 17.4 Å². The summed E-state index contributed by atoms with van der Waals surface area (Å²) in [6.07, 6.45) is 0.894. The van der Waals surface area contributed by atoms with Gasteiger partial charge in [0.25, 0.3) is 5.91 Å². The van der Waals surface area contributed by atoms with E-state index in [-0.39, 0.29) is 5.91 Å². The number of hydrogen-bond acceptors (Lipinski definition) is 4. The summed E-state index contributed by atoms with van der Waals surface area (Å²) < 4.78 is 0. The SMILES string of the molecule is O=C(Nc1nc2c(s1)CNCC2)c1cc(Cl)cc(Cl)c1. The van der Waals surface area contributed by atoms with E-state index >= 15 is 0 Å². The molecule has 2 heterocycles. The summed E-state index contributed by atoms with van der Waals surface area (Å²) in [7, 11) is 0. The minimum Gasteiger partial charge on any atom is -0.311 e. The molecule has 3 rings (SSSR count). The van der Waals surface area contributed by atoms with Crippen molar-refractivity contribution >= 4 is 45.6 Å². The lowest BCUT2D eigenvalue weighted by Crippen LogP contribution is -2.22. The fourth-order valence-corrected chi connectivity index (χ4v) is 3.53. The average Bonchev–Trinajstić information content (AvgIpc) is 2.79. The number of nitrogens with zero attached hydrogens (tertiary/aromatic N) is 1. The maximum absolute atomic E-state index is 12.2. The van der Waals surface area contributed by atoms with Crippen LogP contribution >= 0.6 is 34.5 Å². The summed E-state index contributed by atoms with van der Waals surface area (Å²) in [6.45, 7) is 1.74. The normalized spacial score (nSPS) is 13.9. The number of halogens is 2. The fraction of sp³-hybridized carbons (Fsp3) is 0.231. The van der Waals surface area contributed by atoms with E-state index in [2.05, 4.69) is 15.6 Å². The molecule has 7 heteroatoms. The molecule has 1 aromatic heterocycles. The van der Waals surface area contributed by atoms with Crippen molar-refractivity contribution in [3.8, 4) is 0 Å². The topological polar surface area (TPSA) is 54.0 Å². The molecule has 0 spiro atoms. The third kappa shape index (κ3) is 2.96. The highest BCUT2D eigenvalue weighted by Crippen LogP contribution is 2.26. The Balaban J connectivity index is 1.80. The number of rotatable bonds is 2. The third-order valence-electron chi connectivity index (χ3n) is 2.95. The molecule has 20 heavy (non-hydrogen) atoms. The highest BCUT2D eigenvalue weighted by molar-refractivity contribution is 7.15. The number of aromatic nitrogens is 1. The number of hydrogen-bond donors (Lipinski definition) is 2. The lowest BCUT2D eigenvalue weighted by atomic mass is 10.2. The monoisotopic (exact) mass is 327 g/mol. The minimum atomic E-state index is -0.256. The largest absolute Gasteiger partial charge is 0.311 e. The molecule has 1 aliphatic rings. The van der Waals surface area contributed by atoms with Gasteiger partial charge in [-0.15, -0.1) is 11.3 Å². The number of carbonyl (C=O) groups is 1. The van der Waals surface area contributed by atoms with E-state index in [1.54, 1.807) is 18.2 Å². The van der Waals surface area contributed by atoms with Gasteiger partial charge in [0.2, 0.25) is 0 Å². The first-order chi connectivity index (χ1) is 9.61. The van der Waals surface area contributed by atoms with Gasteiger partial charge in [-0.05, 0) is 18.2 Å². The van der Waals surface area contributed by atoms with Gasteiger partial charge in [-0.2, -0.15) is 0 Å². The Morgan fingerprint density at radius 2 is 2.05 bits per heavy atom. The van der Waals surface area contributed by atoms with Gasteiger partial charge in [0.05, 0.1) is 5.69 Å². The summed E-state index contributed by atoms with van der Waals surface area (Å²) in [5, 5.41) is 7.55. The second-order valence-corrected chi connectivity index (χ2v) is 6.38. The van der Waals surface area contributed by atoms with Crippen molar-refractivity contribution in [2.24, 2.45) is 0 Å². The Morgan fingerprint density at radius 3 is 2.75 bits per heavy atom. The van der Waals surface area contributed by atoms with Crippen LogP contribution in [0.5, 0.6) is 0 Å². The summed E-state index contributed by atoms with van der Waals surface area (Å²) in [4.78, 5) is 17.8. The van der Waals surface area contributed by atoms with Gasteiger partial charge < -0.3 is 5.32 Å². The molecule has 104 valence electrons. The minimum absolute atomic E-state index is 0.256. The van der Waals surface area contributed by atoms with Crippen molar-refractivity contribution in [2.45, 2.75) is 13.0 Å². The van der Waals surface area contributed by atoms with Gasteiger partial charge >= 0.3 is 0 Å². The maximum atomic E-state index is 12.2. The van der Waals surface area contributed by atoms with E-state index in [0.29, 0.717) is 20.7 Å². The standard InChI is InChI=1S/C13H11Cl2N3OS/c14-8-3-7(4-9(15)5-8)12(19)18-13-17-10-1-2-16-6-11(10)20-13/h3-5,16H,1-2,6H2,(H,17,18,19). The number of thiazole rings is 1. The highest BCUT2D eigenvalue weighted by atomic mass is 35.5. The van der Waals surface area contributed by atoms with Crippen molar-refractivity contribution in [3.63, 3.8) is 0 Å². The van der Waals surface area contributed by atoms with Crippen molar-refractivity contribution in [1.29, 1.82) is 0 Å². The van der Waals surface area contributed by atoms with Crippen molar-refractivity contribution < 1.29 is 4.79 Å². The molecule has 2 N–H and O–H groups in total. The molecule has 0 fully saturated rings. The van der Waals surface area contributed by atoms with E-state index in [9.17, 15) is 4.79 Å². The summed E-state index contributed by atoms with van der Waals surface area (Å²) >= 11 is 13.3. The van der Waals surface area contributed by atoms with Gasteiger partial charge in [0.1, 0.15) is 0 Å². The predicted octanol–water partition coefficient (Wildman–Crippen LogP) is 3.35. The molecule has 1 amide bonds. The Labute approximate surface area is 130 Å². The van der Waals surface area contributed by atoms with Crippen LogP contribution in [0.1, 0.15) is 20.9 Å². The maximum Gasteiger partial charge on any atom is 0.257 e. The Bertz CT molecular complexity index is 628. The average molecular weight is 328 g/mol. The molecule has 0 radical (unpaired) electrons. The first kappa shape index (κ1) is 13.8. The Kier molecular flexibility index (Phi) is 3.94. The van der Waals surface area contributed by atoms with Crippen LogP contribution in [0.15, 0.2) is 18.2 Å². The van der Waals surface area contributed by atoms with E-state index in [1.807, 2.05) is 0 Å². The number of benzene rings is 1. The number of fused-ring (bicyclic) bond motifs is 1. The molecular formula is C13H11Cl2N3OS. The lowest BCUT2D eigenvalue weighted by molar-refractivity contribution is 0.102. The molecule has 1 aromatic carbocycles. The molecule has 0 unspecified atom stereocenters. The van der Waals surface area contributed by atoms with Crippen LogP contribution in [-0.2, 0) is 13.0 Å². The van der Waals surface area contributed by atoms with Gasteiger partial charge in [0.15, 0.2) is 5.13 Å². The van der Waals surface area contributed by atoms with Crippen LogP contribution < -0.4 is 10.6 Å². The molecule has 0 saturated carbocycles. The number of anilines is 1. The van der Waals surface area contributed by atoms with Gasteiger partial charge in [-0.3, -0.25) is 10.1 Å². The van der Waals surface area contributed by atoms with Gasteiger partial charge in [0, 0.05) is 40.0 Å². The Hall–Kier alpha value is -1.14. The molecule has 0 aliphatic carbocycles. The van der Waals surface area contributed by atoms with Crippen LogP contribution in [0.2, 0.25) is 10.0 Å². The van der Waals surface area contributed by atoms with E-state index in [4.69, 9.17) is 23.2 Å². The second-order valence-electron chi connectivity index (χ2n) is 4.43. The number of amides is 1. The highest BCUT2D eigenvalue weighted by Gasteiger charge is 2.16. The zero-order valence-electron chi connectivity index (χ0n) is 10.4. The lowest BCUT2D eigenvalue weighted by Gasteiger charge is -2.09. The zero-order valence-corrected chi connectivity index (χ0v) is 12.7. The molecule has 2 aromatic rings. The Morgan fingerprint density at radius 1 is 1.30 bits per heavy atom. The van der Waals surface area contributed by atoms with Crippen LogP contribution in [0.3, 0.4) is 0 Å². The molecule has 0 atom stereocenters. The van der Waals surface area contributed by atoms with Gasteiger partial charge in [-0.25, -0.2) is 4.98 Å². The van der Waals surface area contributed by atoms with Crippen molar-refractivity contribution in [1.82, 2.24) is 10.3 Å².